The highest BCUT2D eigenvalue weighted by Crippen LogP contribution is 2.40. The molecule has 0 aliphatic heterocycles. The van der Waals surface area contributed by atoms with Gasteiger partial charge < -0.3 is 0 Å². The van der Waals surface area contributed by atoms with Crippen LogP contribution in [0.3, 0.4) is 0 Å². The number of fused-ring (bicyclic) bond motifs is 1. The van der Waals surface area contributed by atoms with Gasteiger partial charge >= 0.3 is 0 Å². The maximum Gasteiger partial charge on any atom is 0.113 e. The highest BCUT2D eigenvalue weighted by atomic mass is 14.6. The van der Waals surface area contributed by atoms with Gasteiger partial charge in [0.05, 0.1) is 0 Å². The molecule has 1 aromatic rings. The molecule has 0 radical (unpaired) electrons. The standard InChI is InChI=1S/C17H19N/c1-2-10-17-14(6-1)7-5-8-15(17)11-12-16-9-3-4-13-18-16/h3-4,8-9,13-14,17H,1-2,5-7,10H2. The second kappa shape index (κ2) is 5.40. The number of nitrogens with zero attached hydrogens (tertiary/aromatic N) is 1. The summed E-state index contributed by atoms with van der Waals surface area (Å²) in [4.78, 5) is 4.27. The molecule has 3 rings (SSSR count). The predicted octanol–water partition coefficient (Wildman–Crippen LogP) is 3.96. The van der Waals surface area contributed by atoms with E-state index in [0.717, 1.165) is 17.5 Å². The SMILES string of the molecule is C(#Cc1ccccn1)C1=CCCC2CCCCC12. The highest BCUT2D eigenvalue weighted by Gasteiger charge is 2.29. The summed E-state index contributed by atoms with van der Waals surface area (Å²) in [6, 6.07) is 5.91. The molecule has 2 aliphatic rings. The summed E-state index contributed by atoms with van der Waals surface area (Å²) in [5.74, 6) is 8.24. The van der Waals surface area contributed by atoms with Crippen LogP contribution in [-0.4, -0.2) is 4.98 Å². The predicted molar refractivity (Wildman–Crippen MR) is 73.9 cm³/mol. The van der Waals surface area contributed by atoms with E-state index in [0.29, 0.717) is 0 Å². The van der Waals surface area contributed by atoms with Gasteiger partial charge in [-0.1, -0.05) is 30.9 Å². The zero-order chi connectivity index (χ0) is 12.2. The lowest BCUT2D eigenvalue weighted by Crippen LogP contribution is -2.23. The molecule has 2 atom stereocenters. The molecule has 2 aliphatic carbocycles. The molecule has 2 unspecified atom stereocenters. The van der Waals surface area contributed by atoms with Gasteiger partial charge in [0.25, 0.3) is 0 Å². The Bertz CT molecular complexity index is 489. The van der Waals surface area contributed by atoms with Gasteiger partial charge in [0.1, 0.15) is 5.69 Å². The Morgan fingerprint density at radius 3 is 2.89 bits per heavy atom. The van der Waals surface area contributed by atoms with Crippen molar-refractivity contribution in [1.29, 1.82) is 0 Å². The Balaban J connectivity index is 1.80. The molecule has 92 valence electrons. The van der Waals surface area contributed by atoms with Crippen LogP contribution in [0.2, 0.25) is 0 Å². The molecule has 18 heavy (non-hydrogen) atoms. The minimum absolute atomic E-state index is 0.740. The van der Waals surface area contributed by atoms with Gasteiger partial charge in [0, 0.05) is 11.8 Å². The molecule has 1 heteroatoms. The first-order valence-corrected chi connectivity index (χ1v) is 7.06. The van der Waals surface area contributed by atoms with Gasteiger partial charge in [-0.25, -0.2) is 4.98 Å². The van der Waals surface area contributed by atoms with Crippen LogP contribution < -0.4 is 0 Å². The van der Waals surface area contributed by atoms with Gasteiger partial charge in [-0.2, -0.15) is 0 Å². The average Bonchev–Trinajstić information content (AvgIpc) is 2.46. The first-order valence-electron chi connectivity index (χ1n) is 7.06. The summed E-state index contributed by atoms with van der Waals surface area (Å²) < 4.78 is 0. The molecule has 1 nitrogen and oxygen atoms in total. The van der Waals surface area contributed by atoms with Crippen molar-refractivity contribution in [2.45, 2.75) is 38.5 Å². The Labute approximate surface area is 109 Å². The van der Waals surface area contributed by atoms with Crippen molar-refractivity contribution < 1.29 is 0 Å². The second-order valence-electron chi connectivity index (χ2n) is 5.35. The molecule has 0 bridgehead atoms. The molecular weight excluding hydrogens is 218 g/mol. The molecule has 0 amide bonds. The molecule has 0 aromatic carbocycles. The molecular formula is C17H19N. The second-order valence-corrected chi connectivity index (χ2v) is 5.35. The zero-order valence-corrected chi connectivity index (χ0v) is 10.7. The Morgan fingerprint density at radius 2 is 2.00 bits per heavy atom. The summed E-state index contributed by atoms with van der Waals surface area (Å²) in [7, 11) is 0. The van der Waals surface area contributed by atoms with E-state index in [4.69, 9.17) is 0 Å². The summed E-state index contributed by atoms with van der Waals surface area (Å²) >= 11 is 0. The summed E-state index contributed by atoms with van der Waals surface area (Å²) in [6.45, 7) is 0. The number of hydrogen-bond donors (Lipinski definition) is 0. The third kappa shape index (κ3) is 2.48. The minimum atomic E-state index is 0.740. The molecule has 1 aromatic heterocycles. The van der Waals surface area contributed by atoms with Crippen molar-refractivity contribution in [3.63, 3.8) is 0 Å². The van der Waals surface area contributed by atoms with Gasteiger partial charge in [-0.05, 0) is 55.6 Å². The molecule has 1 heterocycles. The van der Waals surface area contributed by atoms with Crippen LogP contribution in [0.25, 0.3) is 0 Å². The molecule has 0 N–H and O–H groups in total. The van der Waals surface area contributed by atoms with Crippen molar-refractivity contribution in [2.75, 3.05) is 0 Å². The Morgan fingerprint density at radius 1 is 1.06 bits per heavy atom. The van der Waals surface area contributed by atoms with E-state index in [2.05, 4.69) is 22.9 Å². The number of hydrogen-bond acceptors (Lipinski definition) is 1. The van der Waals surface area contributed by atoms with Gasteiger partial charge in [-0.3, -0.25) is 0 Å². The first kappa shape index (κ1) is 11.5. The maximum absolute atomic E-state index is 4.27. The Kier molecular flexibility index (Phi) is 3.46. The van der Waals surface area contributed by atoms with Crippen LogP contribution in [-0.2, 0) is 0 Å². The van der Waals surface area contributed by atoms with Crippen LogP contribution in [0.4, 0.5) is 0 Å². The zero-order valence-electron chi connectivity index (χ0n) is 10.7. The molecule has 0 saturated heterocycles. The summed E-state index contributed by atoms with van der Waals surface area (Å²) in [6.07, 6.45) is 12.3. The van der Waals surface area contributed by atoms with Crippen LogP contribution in [0.5, 0.6) is 0 Å². The van der Waals surface area contributed by atoms with Crippen LogP contribution >= 0.6 is 0 Å². The van der Waals surface area contributed by atoms with Crippen LogP contribution in [0, 0.1) is 23.7 Å². The van der Waals surface area contributed by atoms with Crippen molar-refractivity contribution >= 4 is 0 Å². The van der Waals surface area contributed by atoms with Crippen molar-refractivity contribution in [3.05, 3.63) is 41.7 Å². The maximum atomic E-state index is 4.27. The number of allylic oxidation sites excluding steroid dienone is 2. The smallest absolute Gasteiger partial charge is 0.113 e. The van der Waals surface area contributed by atoms with Crippen LogP contribution in [0.15, 0.2) is 36.0 Å². The van der Waals surface area contributed by atoms with E-state index < -0.39 is 0 Å². The van der Waals surface area contributed by atoms with E-state index in [1.165, 1.54) is 44.1 Å². The first-order chi connectivity index (χ1) is 8.93. The molecule has 0 spiro atoms. The number of pyridine rings is 1. The lowest BCUT2D eigenvalue weighted by Gasteiger charge is -2.34. The normalized spacial score (nSPS) is 26.6. The lowest BCUT2D eigenvalue weighted by atomic mass is 9.70. The number of rotatable bonds is 0. The largest absolute Gasteiger partial charge is 0.248 e. The summed E-state index contributed by atoms with van der Waals surface area (Å²) in [5, 5.41) is 0. The fraction of sp³-hybridized carbons (Fsp3) is 0.471. The third-order valence-electron chi connectivity index (χ3n) is 4.21. The van der Waals surface area contributed by atoms with E-state index in [1.807, 2.05) is 24.4 Å². The molecule has 1 saturated carbocycles. The van der Waals surface area contributed by atoms with E-state index >= 15 is 0 Å². The van der Waals surface area contributed by atoms with E-state index in [9.17, 15) is 0 Å². The van der Waals surface area contributed by atoms with Crippen molar-refractivity contribution in [1.82, 2.24) is 4.98 Å². The van der Waals surface area contributed by atoms with Crippen LogP contribution in [0.1, 0.15) is 44.2 Å². The quantitative estimate of drug-likeness (QED) is 0.622. The minimum Gasteiger partial charge on any atom is -0.248 e. The Hall–Kier alpha value is -1.55. The van der Waals surface area contributed by atoms with Gasteiger partial charge in [0.2, 0.25) is 0 Å². The summed E-state index contributed by atoms with van der Waals surface area (Å²) in [5.41, 5.74) is 2.27. The fourth-order valence-electron chi connectivity index (χ4n) is 3.28. The van der Waals surface area contributed by atoms with Gasteiger partial charge in [0.15, 0.2) is 0 Å². The number of aromatic nitrogens is 1. The topological polar surface area (TPSA) is 12.9 Å². The molecule has 1 fully saturated rings. The van der Waals surface area contributed by atoms with E-state index in [-0.39, 0.29) is 0 Å². The van der Waals surface area contributed by atoms with Crippen molar-refractivity contribution in [3.8, 4) is 11.8 Å². The highest BCUT2D eigenvalue weighted by molar-refractivity contribution is 5.39. The lowest BCUT2D eigenvalue weighted by molar-refractivity contribution is 0.251. The van der Waals surface area contributed by atoms with Crippen molar-refractivity contribution in [2.24, 2.45) is 11.8 Å². The fourth-order valence-corrected chi connectivity index (χ4v) is 3.28. The monoisotopic (exact) mass is 237 g/mol. The average molecular weight is 237 g/mol. The van der Waals surface area contributed by atoms with Gasteiger partial charge in [-0.15, -0.1) is 0 Å². The third-order valence-corrected chi connectivity index (χ3v) is 4.21. The van der Waals surface area contributed by atoms with E-state index in [1.54, 1.807) is 0 Å².